The number of benzene rings is 1. The van der Waals surface area contributed by atoms with E-state index in [1.54, 1.807) is 0 Å². The van der Waals surface area contributed by atoms with E-state index in [4.69, 9.17) is 0 Å². The summed E-state index contributed by atoms with van der Waals surface area (Å²) in [4.78, 5) is 24.1. The Kier molecular flexibility index (Phi) is 8.75. The van der Waals surface area contributed by atoms with Crippen LogP contribution in [-0.2, 0) is 30.1 Å². The third-order valence-corrected chi connectivity index (χ3v) is 4.68. The van der Waals surface area contributed by atoms with Gasteiger partial charge in [-0.15, -0.1) is 0 Å². The zero-order chi connectivity index (χ0) is 30.3. The second kappa shape index (κ2) is 10.0. The van der Waals surface area contributed by atoms with E-state index in [0.29, 0.717) is 6.07 Å². The van der Waals surface area contributed by atoms with Crippen molar-refractivity contribution in [2.75, 3.05) is 0 Å². The van der Waals surface area contributed by atoms with E-state index in [1.165, 1.54) is 20.8 Å². The topological polar surface area (TPSA) is 71.1 Å². The summed E-state index contributed by atoms with van der Waals surface area (Å²) in [5.74, 6) is 0. The van der Waals surface area contributed by atoms with Crippen molar-refractivity contribution in [2.24, 2.45) is 0 Å². The Morgan fingerprint density at radius 2 is 0.921 bits per heavy atom. The number of alkyl halides is 9. The predicted molar refractivity (Wildman–Crippen MR) is 113 cm³/mol. The first-order valence-corrected chi connectivity index (χ1v) is 10.7. The molecule has 0 heterocycles. The monoisotopic (exact) mass is 570 g/mol. The number of carbonyl (C=O) groups is 2. The Labute approximate surface area is 212 Å². The quantitative estimate of drug-likeness (QED) is 0.270. The smallest absolute Gasteiger partial charge is 0.429 e. The molecule has 0 saturated carbocycles. The third kappa shape index (κ3) is 7.37. The minimum Gasteiger partial charge on any atom is -0.429 e. The van der Waals surface area contributed by atoms with Crippen molar-refractivity contribution in [1.82, 2.24) is 0 Å². The molecular formula is C23H27F9O6. The first kappa shape index (κ1) is 33.2. The predicted octanol–water partition coefficient (Wildman–Crippen LogP) is 8.00. The molecule has 1 aromatic rings. The Morgan fingerprint density at radius 1 is 0.553 bits per heavy atom. The molecule has 1 rings (SSSR count). The van der Waals surface area contributed by atoms with Gasteiger partial charge in [-0.25, -0.2) is 9.59 Å². The fraction of sp³-hybridized carbons (Fsp3) is 0.652. The van der Waals surface area contributed by atoms with Crippen molar-refractivity contribution in [3.05, 3.63) is 34.9 Å². The molecule has 0 spiro atoms. The zero-order valence-electron chi connectivity index (χ0n) is 21.6. The molecule has 1 atom stereocenters. The maximum Gasteiger partial charge on any atom is 0.510 e. The summed E-state index contributed by atoms with van der Waals surface area (Å²) in [6, 6.07) is 0.641. The molecule has 0 aliphatic heterocycles. The van der Waals surface area contributed by atoms with E-state index < -0.39 is 69.9 Å². The summed E-state index contributed by atoms with van der Waals surface area (Å²) < 4.78 is 145. The number of hydrogen-bond donors (Lipinski definition) is 0. The van der Waals surface area contributed by atoms with E-state index in [-0.39, 0.29) is 19.1 Å². The van der Waals surface area contributed by atoms with Crippen LogP contribution in [0.4, 0.5) is 49.1 Å². The molecule has 0 aliphatic carbocycles. The van der Waals surface area contributed by atoms with Gasteiger partial charge in [-0.1, -0.05) is 17.7 Å². The van der Waals surface area contributed by atoms with Crippen molar-refractivity contribution in [1.29, 1.82) is 0 Å². The highest BCUT2D eigenvalue weighted by Gasteiger charge is 2.76. The lowest BCUT2D eigenvalue weighted by molar-refractivity contribution is -0.377. The molecule has 0 amide bonds. The highest BCUT2D eigenvalue weighted by molar-refractivity contribution is 5.63. The average Bonchev–Trinajstić information content (AvgIpc) is 2.59. The lowest BCUT2D eigenvalue weighted by Crippen LogP contribution is -2.57. The first-order chi connectivity index (χ1) is 16.6. The van der Waals surface area contributed by atoms with Crippen LogP contribution in [0.1, 0.15) is 65.2 Å². The van der Waals surface area contributed by atoms with Gasteiger partial charge in [0, 0.05) is 11.1 Å². The summed E-state index contributed by atoms with van der Waals surface area (Å²) in [6.45, 7) is 8.33. The molecular weight excluding hydrogens is 543 g/mol. The van der Waals surface area contributed by atoms with E-state index in [9.17, 15) is 49.1 Å². The number of hydrogen-bond acceptors (Lipinski definition) is 6. The van der Waals surface area contributed by atoms with Gasteiger partial charge in [0.25, 0.3) is 0 Å². The lowest BCUT2D eigenvalue weighted by atomic mass is 9.85. The SMILES string of the molecule is Cc1cc(C(C)(OC(=O)OC(C)(C)C)C(F)(F)F)cc(C(OC(=O)OC(C)(C)C)(C(F)(F)F)C(F)(F)F)c1. The van der Waals surface area contributed by atoms with Crippen molar-refractivity contribution in [2.45, 2.75) is 96.3 Å². The fourth-order valence-electron chi connectivity index (χ4n) is 3.04. The summed E-state index contributed by atoms with van der Waals surface area (Å²) in [5.41, 5.74) is -16.0. The molecule has 0 saturated heterocycles. The third-order valence-electron chi connectivity index (χ3n) is 4.68. The molecule has 0 bridgehead atoms. The highest BCUT2D eigenvalue weighted by atomic mass is 19.4. The Bertz CT molecular complexity index is 1020. The molecule has 0 aromatic heterocycles. The average molecular weight is 570 g/mol. The van der Waals surface area contributed by atoms with Crippen LogP contribution in [0.3, 0.4) is 0 Å². The Balaban J connectivity index is 3.97. The summed E-state index contributed by atoms with van der Waals surface area (Å²) in [7, 11) is 0. The van der Waals surface area contributed by atoms with E-state index in [0.717, 1.165) is 27.7 Å². The van der Waals surface area contributed by atoms with Gasteiger partial charge in [0.05, 0.1) is 0 Å². The maximum absolute atomic E-state index is 14.2. The van der Waals surface area contributed by atoms with Crippen LogP contribution < -0.4 is 0 Å². The van der Waals surface area contributed by atoms with Gasteiger partial charge >= 0.3 is 36.4 Å². The van der Waals surface area contributed by atoms with Gasteiger partial charge in [-0.3, -0.25) is 0 Å². The van der Waals surface area contributed by atoms with Gasteiger partial charge in [0.15, 0.2) is 0 Å². The normalized spacial score (nSPS) is 15.4. The standard InChI is InChI=1S/C23H27F9O6/c1-12-9-13(19(8,21(24,25)26)37-15(33)35-17(2,3)4)11-14(10-12)20(22(27,28)29,23(30,31)32)38-16(34)36-18(5,6)7/h9-11H,1-8H3. The molecule has 0 aliphatic rings. The second-order valence-electron chi connectivity index (χ2n) is 10.4. The van der Waals surface area contributed by atoms with Crippen molar-refractivity contribution >= 4 is 12.3 Å². The van der Waals surface area contributed by atoms with Crippen LogP contribution in [0, 0.1) is 6.92 Å². The van der Waals surface area contributed by atoms with Crippen molar-refractivity contribution < 1.29 is 68.1 Å². The van der Waals surface area contributed by atoms with Gasteiger partial charge < -0.3 is 18.9 Å². The van der Waals surface area contributed by atoms with E-state index in [1.807, 2.05) is 0 Å². The fourth-order valence-corrected chi connectivity index (χ4v) is 3.04. The zero-order valence-corrected chi connectivity index (χ0v) is 21.6. The minimum atomic E-state index is -6.44. The summed E-state index contributed by atoms with van der Waals surface area (Å²) in [5, 5.41) is 0. The van der Waals surface area contributed by atoms with Crippen LogP contribution >= 0.6 is 0 Å². The van der Waals surface area contributed by atoms with Gasteiger partial charge in [-0.05, 0) is 61.5 Å². The lowest BCUT2D eigenvalue weighted by Gasteiger charge is -2.38. The minimum absolute atomic E-state index is 0.157. The molecule has 218 valence electrons. The first-order valence-electron chi connectivity index (χ1n) is 10.7. The highest BCUT2D eigenvalue weighted by Crippen LogP contribution is 2.54. The summed E-state index contributed by atoms with van der Waals surface area (Å²) in [6.07, 6.45) is -22.7. The van der Waals surface area contributed by atoms with Crippen LogP contribution in [0.2, 0.25) is 0 Å². The maximum atomic E-state index is 14.2. The molecule has 1 aromatic carbocycles. The molecule has 0 radical (unpaired) electrons. The van der Waals surface area contributed by atoms with Gasteiger partial charge in [-0.2, -0.15) is 39.5 Å². The molecule has 0 fully saturated rings. The van der Waals surface area contributed by atoms with Gasteiger partial charge in [0.2, 0.25) is 5.60 Å². The number of rotatable bonds is 4. The van der Waals surface area contributed by atoms with Crippen LogP contribution in [0.25, 0.3) is 0 Å². The number of carbonyl (C=O) groups excluding carboxylic acids is 2. The van der Waals surface area contributed by atoms with E-state index in [2.05, 4.69) is 18.9 Å². The second-order valence-corrected chi connectivity index (χ2v) is 10.4. The Hall–Kier alpha value is -2.87. The largest absolute Gasteiger partial charge is 0.510 e. The van der Waals surface area contributed by atoms with E-state index >= 15 is 0 Å². The van der Waals surface area contributed by atoms with Crippen LogP contribution in [0.15, 0.2) is 18.2 Å². The number of halogens is 9. The van der Waals surface area contributed by atoms with Crippen LogP contribution in [-0.4, -0.2) is 42.0 Å². The summed E-state index contributed by atoms with van der Waals surface area (Å²) >= 11 is 0. The Morgan fingerprint density at radius 3 is 1.26 bits per heavy atom. The number of aryl methyl sites for hydroxylation is 1. The molecule has 0 N–H and O–H groups in total. The molecule has 38 heavy (non-hydrogen) atoms. The number of ether oxygens (including phenoxy) is 4. The van der Waals surface area contributed by atoms with Crippen molar-refractivity contribution in [3.63, 3.8) is 0 Å². The van der Waals surface area contributed by atoms with Gasteiger partial charge in [0.1, 0.15) is 11.2 Å². The van der Waals surface area contributed by atoms with Crippen LogP contribution in [0.5, 0.6) is 0 Å². The molecule has 6 nitrogen and oxygen atoms in total. The van der Waals surface area contributed by atoms with Crippen molar-refractivity contribution in [3.8, 4) is 0 Å². The molecule has 15 heteroatoms. The molecule has 1 unspecified atom stereocenters.